The predicted molar refractivity (Wildman–Crippen MR) is 71.8 cm³/mol. The van der Waals surface area contributed by atoms with Crippen LogP contribution in [0.3, 0.4) is 0 Å². The summed E-state index contributed by atoms with van der Waals surface area (Å²) in [6.45, 7) is 0. The van der Waals surface area contributed by atoms with Crippen molar-refractivity contribution >= 4 is 12.2 Å². The highest BCUT2D eigenvalue weighted by molar-refractivity contribution is 5.71. The molecule has 0 N–H and O–H groups in total. The van der Waals surface area contributed by atoms with Gasteiger partial charge in [-0.1, -0.05) is 6.07 Å². The molecule has 0 saturated heterocycles. The normalized spacial score (nSPS) is 12.1. The Labute approximate surface area is 122 Å². The van der Waals surface area contributed by atoms with Crippen LogP contribution in [0.4, 0.5) is 13.2 Å². The molecule has 2 aromatic heterocycles. The molecular weight excluding hydrogens is 297 g/mol. The summed E-state index contributed by atoms with van der Waals surface area (Å²) in [4.78, 5) is 5.04. The van der Waals surface area contributed by atoms with E-state index in [2.05, 4.69) is 15.2 Å². The van der Waals surface area contributed by atoms with Crippen LogP contribution < -0.4 is 0 Å². The minimum absolute atomic E-state index is 0.211. The molecule has 0 fully saturated rings. The van der Waals surface area contributed by atoms with E-state index in [-0.39, 0.29) is 5.69 Å². The van der Waals surface area contributed by atoms with Gasteiger partial charge in [0, 0.05) is 11.6 Å². The van der Waals surface area contributed by atoms with Gasteiger partial charge < -0.3 is 4.42 Å². The van der Waals surface area contributed by atoms with Crippen LogP contribution in [0.5, 0.6) is 0 Å². The van der Waals surface area contributed by atoms with Crippen molar-refractivity contribution < 1.29 is 17.6 Å². The Morgan fingerprint density at radius 2 is 1.82 bits per heavy atom. The summed E-state index contributed by atoms with van der Waals surface area (Å²) in [7, 11) is 0. The minimum atomic E-state index is -4.44. The Balaban J connectivity index is 2.06. The van der Waals surface area contributed by atoms with Crippen LogP contribution in [0.25, 0.3) is 17.8 Å². The number of benzene rings is 1. The number of alkyl halides is 3. The molecule has 0 aliphatic heterocycles. The lowest BCUT2D eigenvalue weighted by Gasteiger charge is -2.10. The second kappa shape index (κ2) is 5.47. The van der Waals surface area contributed by atoms with E-state index in [4.69, 9.17) is 4.42 Å². The molecule has 22 heavy (non-hydrogen) atoms. The van der Waals surface area contributed by atoms with Crippen LogP contribution in [-0.2, 0) is 6.18 Å². The Morgan fingerprint density at radius 1 is 1.05 bits per heavy atom. The summed E-state index contributed by atoms with van der Waals surface area (Å²) in [5.41, 5.74) is -0.0573. The van der Waals surface area contributed by atoms with Crippen molar-refractivity contribution in [3.8, 4) is 5.69 Å². The molecule has 2 heterocycles. The second-order valence-corrected chi connectivity index (χ2v) is 4.29. The summed E-state index contributed by atoms with van der Waals surface area (Å²) in [6, 6.07) is 3.35. The smallest absolute Gasteiger partial charge is 0.416 e. The summed E-state index contributed by atoms with van der Waals surface area (Å²) in [6.07, 6.45) is 4.36. The number of oxazole rings is 1. The largest absolute Gasteiger partial charge is 0.445 e. The monoisotopic (exact) mass is 306 g/mol. The van der Waals surface area contributed by atoms with Crippen molar-refractivity contribution in [2.45, 2.75) is 6.18 Å². The summed E-state index contributed by atoms with van der Waals surface area (Å²) in [5.74, 6) is 0.347. The van der Waals surface area contributed by atoms with E-state index in [1.54, 1.807) is 12.2 Å². The molecule has 0 aliphatic rings. The van der Waals surface area contributed by atoms with E-state index >= 15 is 0 Å². The molecule has 3 rings (SSSR count). The van der Waals surface area contributed by atoms with Gasteiger partial charge >= 0.3 is 6.18 Å². The first-order chi connectivity index (χ1) is 10.5. The van der Waals surface area contributed by atoms with Gasteiger partial charge in [0.25, 0.3) is 0 Å². The Morgan fingerprint density at radius 3 is 2.45 bits per heavy atom. The van der Waals surface area contributed by atoms with E-state index in [9.17, 15) is 13.2 Å². The lowest BCUT2D eigenvalue weighted by Crippen LogP contribution is -2.08. The second-order valence-electron chi connectivity index (χ2n) is 4.29. The first-order valence-corrected chi connectivity index (χ1v) is 6.19. The van der Waals surface area contributed by atoms with E-state index in [0.29, 0.717) is 11.5 Å². The zero-order chi connectivity index (χ0) is 15.6. The third-order valence-electron chi connectivity index (χ3n) is 2.85. The quantitative estimate of drug-likeness (QED) is 0.743. The predicted octanol–water partition coefficient (Wildman–Crippen LogP) is 3.44. The van der Waals surface area contributed by atoms with Gasteiger partial charge in [-0.3, -0.25) is 0 Å². The summed E-state index contributed by atoms with van der Waals surface area (Å²) < 4.78 is 43.6. The van der Waals surface area contributed by atoms with Gasteiger partial charge in [-0.2, -0.15) is 28.2 Å². The van der Waals surface area contributed by atoms with E-state index < -0.39 is 11.7 Å². The maximum Gasteiger partial charge on any atom is 0.416 e. The first kappa shape index (κ1) is 14.1. The summed E-state index contributed by atoms with van der Waals surface area (Å²) in [5, 5.41) is 7.76. The fraction of sp³-hybridized carbons (Fsp3) is 0.0714. The van der Waals surface area contributed by atoms with Crippen LogP contribution in [0, 0.1) is 0 Å². The average Bonchev–Trinajstić information content (AvgIpc) is 3.17. The number of hydrogen-bond donors (Lipinski definition) is 0. The zero-order valence-corrected chi connectivity index (χ0v) is 11.0. The minimum Gasteiger partial charge on any atom is -0.445 e. The molecular formula is C14H9F3N4O. The van der Waals surface area contributed by atoms with Crippen LogP contribution in [0.1, 0.15) is 17.0 Å². The molecule has 0 saturated carbocycles. The number of hydrogen-bond acceptors (Lipinski definition) is 4. The molecule has 1 aromatic carbocycles. The van der Waals surface area contributed by atoms with Crippen molar-refractivity contribution in [1.29, 1.82) is 0 Å². The Kier molecular flexibility index (Phi) is 3.50. The fourth-order valence-corrected chi connectivity index (χ4v) is 1.85. The zero-order valence-electron chi connectivity index (χ0n) is 11.0. The van der Waals surface area contributed by atoms with Crippen molar-refractivity contribution in [2.24, 2.45) is 0 Å². The molecule has 0 unspecified atom stereocenters. The van der Waals surface area contributed by atoms with Gasteiger partial charge in [0.15, 0.2) is 0 Å². The number of halogens is 3. The topological polar surface area (TPSA) is 56.7 Å². The molecule has 5 nitrogen and oxygen atoms in total. The molecule has 0 bridgehead atoms. The highest BCUT2D eigenvalue weighted by atomic mass is 19.4. The fourth-order valence-electron chi connectivity index (χ4n) is 1.85. The molecule has 0 aliphatic carbocycles. The number of aromatic nitrogens is 4. The van der Waals surface area contributed by atoms with Gasteiger partial charge in [-0.15, -0.1) is 0 Å². The molecule has 0 spiro atoms. The first-order valence-electron chi connectivity index (χ1n) is 6.19. The van der Waals surface area contributed by atoms with E-state index in [0.717, 1.165) is 16.9 Å². The lowest BCUT2D eigenvalue weighted by atomic mass is 10.1. The number of rotatable bonds is 3. The van der Waals surface area contributed by atoms with E-state index in [1.807, 2.05) is 0 Å². The maximum atomic E-state index is 12.9. The van der Waals surface area contributed by atoms with Gasteiger partial charge in [-0.05, 0) is 18.2 Å². The SMILES string of the molecule is FC(F)(F)c1ccc(C=Cc2ncco2)c(-n2nccn2)c1. The van der Waals surface area contributed by atoms with Crippen LogP contribution in [0.2, 0.25) is 0 Å². The van der Waals surface area contributed by atoms with Crippen LogP contribution in [0.15, 0.2) is 47.5 Å². The Hall–Kier alpha value is -2.90. The molecule has 0 atom stereocenters. The molecule has 0 radical (unpaired) electrons. The van der Waals surface area contributed by atoms with Crippen LogP contribution in [-0.4, -0.2) is 20.0 Å². The van der Waals surface area contributed by atoms with Crippen molar-refractivity contribution in [3.05, 3.63) is 60.1 Å². The standard InChI is InChI=1S/C14H9F3N4O/c15-14(16,17)11-3-1-10(2-4-13-18-7-8-22-13)12(9-11)21-19-5-6-20-21/h1-9H. The van der Waals surface area contributed by atoms with Gasteiger partial charge in [-0.25, -0.2) is 4.98 Å². The third kappa shape index (κ3) is 2.90. The van der Waals surface area contributed by atoms with Gasteiger partial charge in [0.2, 0.25) is 5.89 Å². The molecule has 8 heteroatoms. The summed E-state index contributed by atoms with van der Waals surface area (Å²) >= 11 is 0. The van der Waals surface area contributed by atoms with Crippen LogP contribution >= 0.6 is 0 Å². The lowest BCUT2D eigenvalue weighted by molar-refractivity contribution is -0.137. The maximum absolute atomic E-state index is 12.9. The number of nitrogens with zero attached hydrogens (tertiary/aromatic N) is 4. The van der Waals surface area contributed by atoms with E-state index in [1.165, 1.54) is 30.9 Å². The molecule has 3 aromatic rings. The third-order valence-corrected chi connectivity index (χ3v) is 2.85. The Bertz CT molecular complexity index is 777. The highest BCUT2D eigenvalue weighted by Crippen LogP contribution is 2.31. The van der Waals surface area contributed by atoms with Crippen molar-refractivity contribution in [1.82, 2.24) is 20.0 Å². The van der Waals surface area contributed by atoms with Gasteiger partial charge in [0.05, 0.1) is 29.8 Å². The molecule has 112 valence electrons. The highest BCUT2D eigenvalue weighted by Gasteiger charge is 2.31. The van der Waals surface area contributed by atoms with Crippen molar-refractivity contribution in [3.63, 3.8) is 0 Å². The van der Waals surface area contributed by atoms with Crippen molar-refractivity contribution in [2.75, 3.05) is 0 Å². The average molecular weight is 306 g/mol. The molecule has 0 amide bonds. The van der Waals surface area contributed by atoms with Gasteiger partial charge in [0.1, 0.15) is 6.26 Å².